The molecule has 1 amide bonds. The van der Waals surface area contributed by atoms with E-state index in [0.29, 0.717) is 35.9 Å². The molecule has 1 N–H and O–H groups in total. The lowest BCUT2D eigenvalue weighted by atomic mass is 9.85. The van der Waals surface area contributed by atoms with Gasteiger partial charge in [0.25, 0.3) is 6.43 Å². The first-order valence-electron chi connectivity index (χ1n) is 9.13. The number of carbonyl (C=O) groups excluding carboxylic acids is 1. The number of methoxy groups -OCH3 is 1. The zero-order valence-electron chi connectivity index (χ0n) is 15.7. The second-order valence-corrected chi connectivity index (χ2v) is 6.73. The summed E-state index contributed by atoms with van der Waals surface area (Å²) in [5.74, 6) is 1.34. The van der Waals surface area contributed by atoms with Crippen LogP contribution in [-0.2, 0) is 11.4 Å². The number of amidine groups is 1. The largest absolute Gasteiger partial charge is 0.493 e. The summed E-state index contributed by atoms with van der Waals surface area (Å²) in [5.41, 5.74) is 2.11. The Hall–Kier alpha value is -3.29. The van der Waals surface area contributed by atoms with Crippen molar-refractivity contribution < 1.29 is 23.0 Å². The van der Waals surface area contributed by atoms with Crippen molar-refractivity contribution in [3.05, 3.63) is 65.0 Å². The van der Waals surface area contributed by atoms with Gasteiger partial charge in [0, 0.05) is 41.4 Å². The van der Waals surface area contributed by atoms with Gasteiger partial charge in [-0.3, -0.25) is 14.8 Å². The van der Waals surface area contributed by atoms with Crippen LogP contribution in [0.4, 0.5) is 8.78 Å². The molecule has 4 rings (SSSR count). The number of aliphatic imine (C=N–C) groups is 1. The summed E-state index contributed by atoms with van der Waals surface area (Å²) in [6.45, 7) is 0.518. The van der Waals surface area contributed by atoms with E-state index in [4.69, 9.17) is 9.47 Å². The van der Waals surface area contributed by atoms with Gasteiger partial charge in [0.1, 0.15) is 12.4 Å². The monoisotopic (exact) mass is 399 g/mol. The van der Waals surface area contributed by atoms with Gasteiger partial charge in [-0.2, -0.15) is 0 Å². The fourth-order valence-corrected chi connectivity index (χ4v) is 3.56. The van der Waals surface area contributed by atoms with Crippen molar-refractivity contribution in [2.24, 2.45) is 4.99 Å². The van der Waals surface area contributed by atoms with Crippen LogP contribution < -0.4 is 14.8 Å². The van der Waals surface area contributed by atoms with E-state index in [9.17, 15) is 13.6 Å². The second kappa shape index (κ2) is 7.98. The minimum Gasteiger partial charge on any atom is -0.493 e. The number of amides is 1. The Morgan fingerprint density at radius 2 is 2.14 bits per heavy atom. The van der Waals surface area contributed by atoms with E-state index in [1.807, 2.05) is 18.2 Å². The molecule has 2 aromatic rings. The Morgan fingerprint density at radius 1 is 1.28 bits per heavy atom. The number of alkyl halides is 2. The molecule has 2 aliphatic heterocycles. The van der Waals surface area contributed by atoms with E-state index in [-0.39, 0.29) is 24.0 Å². The highest BCUT2D eigenvalue weighted by molar-refractivity contribution is 6.12. The van der Waals surface area contributed by atoms with Gasteiger partial charge < -0.3 is 14.8 Å². The molecule has 0 aliphatic carbocycles. The number of fused-ring (bicyclic) bond motifs is 1. The molecule has 1 aromatic carbocycles. The molecule has 1 unspecified atom stereocenters. The van der Waals surface area contributed by atoms with Crippen LogP contribution in [0, 0.1) is 0 Å². The van der Waals surface area contributed by atoms with Crippen LogP contribution in [0.25, 0.3) is 0 Å². The molecule has 0 bridgehead atoms. The van der Waals surface area contributed by atoms with Crippen molar-refractivity contribution in [1.82, 2.24) is 10.3 Å². The number of pyridine rings is 1. The molecular formula is C21H19F2N3O3. The van der Waals surface area contributed by atoms with Gasteiger partial charge in [0.05, 0.1) is 13.7 Å². The van der Waals surface area contributed by atoms with Crippen LogP contribution >= 0.6 is 0 Å². The third-order valence-corrected chi connectivity index (χ3v) is 5.01. The number of piperidine rings is 1. The van der Waals surface area contributed by atoms with E-state index in [2.05, 4.69) is 15.3 Å². The number of halogens is 2. The quantitative estimate of drug-likeness (QED) is 0.806. The van der Waals surface area contributed by atoms with Crippen molar-refractivity contribution in [2.75, 3.05) is 13.7 Å². The number of nitrogens with zero attached hydrogens (tertiary/aromatic N) is 2. The van der Waals surface area contributed by atoms with E-state index in [1.54, 1.807) is 6.07 Å². The van der Waals surface area contributed by atoms with Gasteiger partial charge in [-0.25, -0.2) is 8.78 Å². The number of benzene rings is 1. The molecule has 0 saturated carbocycles. The fourth-order valence-electron chi connectivity index (χ4n) is 3.56. The van der Waals surface area contributed by atoms with Gasteiger partial charge in [-0.15, -0.1) is 0 Å². The van der Waals surface area contributed by atoms with E-state index in [1.165, 1.54) is 19.4 Å². The molecule has 29 heavy (non-hydrogen) atoms. The minimum atomic E-state index is -2.63. The van der Waals surface area contributed by atoms with Crippen LogP contribution in [-0.4, -0.2) is 30.4 Å². The van der Waals surface area contributed by atoms with Crippen molar-refractivity contribution in [1.29, 1.82) is 0 Å². The van der Waals surface area contributed by atoms with E-state index >= 15 is 0 Å². The summed E-state index contributed by atoms with van der Waals surface area (Å²) in [6, 6.07) is 6.92. The van der Waals surface area contributed by atoms with Gasteiger partial charge >= 0.3 is 0 Å². The topological polar surface area (TPSA) is 72.8 Å². The highest BCUT2D eigenvalue weighted by Gasteiger charge is 2.32. The Balaban J connectivity index is 1.56. The van der Waals surface area contributed by atoms with Gasteiger partial charge in [0.15, 0.2) is 11.5 Å². The number of ether oxygens (including phenoxy) is 2. The maximum Gasteiger partial charge on any atom is 0.265 e. The summed E-state index contributed by atoms with van der Waals surface area (Å²) < 4.78 is 37.5. The van der Waals surface area contributed by atoms with Crippen LogP contribution in [0.5, 0.6) is 11.5 Å². The fraction of sp³-hybridized carbons (Fsp3) is 0.286. The zero-order chi connectivity index (χ0) is 20.4. The number of hydrogen-bond donors (Lipinski definition) is 1. The average molecular weight is 399 g/mol. The standard InChI is InChI=1S/C21H19F2N3O3/c1-28-18-8-12(15-9-19(27)26-21-14(15)5-7-25-21)2-3-17(18)29-11-13-4-6-24-10-16(13)20(22)23/h2-6,8,10,15,20H,7,9,11H2,1H3,(H,25,26,27). The molecule has 1 atom stereocenters. The SMILES string of the molecule is COc1cc(C2CC(=O)NC3=NCC=C32)ccc1OCc1ccncc1C(F)F. The molecule has 8 heteroatoms. The molecule has 1 fully saturated rings. The molecule has 0 spiro atoms. The first-order valence-corrected chi connectivity index (χ1v) is 9.13. The lowest BCUT2D eigenvalue weighted by molar-refractivity contribution is -0.120. The Labute approximate surface area is 166 Å². The first kappa shape index (κ1) is 19.0. The van der Waals surface area contributed by atoms with Crippen LogP contribution in [0.2, 0.25) is 0 Å². The number of aromatic nitrogens is 1. The highest BCUT2D eigenvalue weighted by atomic mass is 19.3. The van der Waals surface area contributed by atoms with E-state index < -0.39 is 6.43 Å². The molecule has 1 saturated heterocycles. The Morgan fingerprint density at radius 3 is 2.93 bits per heavy atom. The molecule has 150 valence electrons. The van der Waals surface area contributed by atoms with Crippen molar-refractivity contribution in [3.8, 4) is 11.5 Å². The predicted octanol–water partition coefficient (Wildman–Crippen LogP) is 3.55. The molecular weight excluding hydrogens is 380 g/mol. The van der Waals surface area contributed by atoms with Gasteiger partial charge in [0.2, 0.25) is 5.91 Å². The third kappa shape index (κ3) is 3.83. The summed E-state index contributed by atoms with van der Waals surface area (Å²) in [6.07, 6.45) is 2.30. The number of carbonyl (C=O) groups is 1. The molecule has 0 radical (unpaired) electrons. The lowest BCUT2D eigenvalue weighted by Gasteiger charge is -2.26. The molecule has 3 heterocycles. The molecule has 1 aromatic heterocycles. The molecule has 2 aliphatic rings. The van der Waals surface area contributed by atoms with Crippen LogP contribution in [0.15, 0.2) is 53.3 Å². The smallest absolute Gasteiger partial charge is 0.265 e. The summed E-state index contributed by atoms with van der Waals surface area (Å²) in [7, 11) is 1.51. The first-order chi connectivity index (χ1) is 14.1. The second-order valence-electron chi connectivity index (χ2n) is 6.73. The Bertz CT molecular complexity index is 1000. The summed E-state index contributed by atoms with van der Waals surface area (Å²) in [5, 5.41) is 2.79. The normalized spacial score (nSPS) is 18.1. The third-order valence-electron chi connectivity index (χ3n) is 5.01. The summed E-state index contributed by atoms with van der Waals surface area (Å²) in [4.78, 5) is 20.1. The average Bonchev–Trinajstić information content (AvgIpc) is 3.20. The van der Waals surface area contributed by atoms with E-state index in [0.717, 1.165) is 17.3 Å². The van der Waals surface area contributed by atoms with Crippen LogP contribution in [0.3, 0.4) is 0 Å². The van der Waals surface area contributed by atoms with Crippen molar-refractivity contribution in [3.63, 3.8) is 0 Å². The Kier molecular flexibility index (Phi) is 5.24. The maximum absolute atomic E-state index is 13.1. The van der Waals surface area contributed by atoms with Gasteiger partial charge in [-0.1, -0.05) is 12.1 Å². The van der Waals surface area contributed by atoms with Crippen molar-refractivity contribution in [2.45, 2.75) is 25.4 Å². The van der Waals surface area contributed by atoms with Gasteiger partial charge in [-0.05, 0) is 23.8 Å². The summed E-state index contributed by atoms with van der Waals surface area (Å²) >= 11 is 0. The lowest BCUT2D eigenvalue weighted by Crippen LogP contribution is -2.38. The maximum atomic E-state index is 13.1. The van der Waals surface area contributed by atoms with Crippen LogP contribution in [0.1, 0.15) is 35.5 Å². The predicted molar refractivity (Wildman–Crippen MR) is 102 cm³/mol. The number of rotatable bonds is 6. The minimum absolute atomic E-state index is 0.0360. The highest BCUT2D eigenvalue weighted by Crippen LogP contribution is 2.38. The molecule has 6 nitrogen and oxygen atoms in total. The van der Waals surface area contributed by atoms with Crippen molar-refractivity contribution >= 4 is 11.7 Å². The number of hydrogen-bond acceptors (Lipinski definition) is 5. The number of nitrogens with one attached hydrogen (secondary N) is 1. The zero-order valence-corrected chi connectivity index (χ0v) is 15.7.